The fourth-order valence-corrected chi connectivity index (χ4v) is 6.21. The molecule has 2 rings (SSSR count). The van der Waals surface area contributed by atoms with Gasteiger partial charge in [-0.25, -0.2) is 0 Å². The molecule has 0 saturated heterocycles. The summed E-state index contributed by atoms with van der Waals surface area (Å²) >= 11 is 6.41. The van der Waals surface area contributed by atoms with Crippen molar-refractivity contribution in [2.75, 3.05) is 33.3 Å². The molecule has 5 unspecified atom stereocenters. The van der Waals surface area contributed by atoms with Crippen LogP contribution >= 0.6 is 11.6 Å². The van der Waals surface area contributed by atoms with E-state index in [1.165, 1.54) is 36.8 Å². The van der Waals surface area contributed by atoms with E-state index in [0.29, 0.717) is 42.6 Å². The first-order chi connectivity index (χ1) is 19.5. The Morgan fingerprint density at radius 3 is 2.51 bits per heavy atom. The van der Waals surface area contributed by atoms with Gasteiger partial charge in [0.2, 0.25) is 5.91 Å². The van der Waals surface area contributed by atoms with E-state index in [0.717, 1.165) is 37.4 Å². The molecule has 0 saturated carbocycles. The molecule has 228 valence electrons. The Labute approximate surface area is 256 Å². The van der Waals surface area contributed by atoms with E-state index in [4.69, 9.17) is 16.3 Å². The van der Waals surface area contributed by atoms with Gasteiger partial charge in [0, 0.05) is 43.2 Å². The number of allylic oxidation sites excluding steroid dienone is 2. The van der Waals surface area contributed by atoms with Crippen molar-refractivity contribution in [2.24, 2.45) is 23.7 Å². The first-order valence-corrected chi connectivity index (χ1v) is 15.9. The zero-order valence-corrected chi connectivity index (χ0v) is 27.1. The standard InChI is InChI=1S/C36H55ClN2O2/c1-9-27(3)28(4)15-11-12-16-29(5)30(6)24-39(22-14-18-35(40)38-8)25-36(26-41-31(7)10-2)21-13-17-32-23-33(37)19-20-34(32)36/h9-10,14,18-20,23,27-30H,1-2,7,11-13,15-17,21-22,24-26H2,3-6,8H3,(H,38,40)/b18-14+. The van der Waals surface area contributed by atoms with Crippen LogP contribution in [0.1, 0.15) is 77.3 Å². The summed E-state index contributed by atoms with van der Waals surface area (Å²) in [6.07, 6.45) is 15.5. The normalized spacial score (nSPS) is 19.7. The van der Waals surface area contributed by atoms with Gasteiger partial charge in [-0.2, -0.15) is 0 Å². The van der Waals surface area contributed by atoms with Crippen LogP contribution in [0.5, 0.6) is 0 Å². The Kier molecular flexibility index (Phi) is 15.0. The van der Waals surface area contributed by atoms with Crippen LogP contribution in [0.2, 0.25) is 5.02 Å². The Hall–Kier alpha value is -2.30. The van der Waals surface area contributed by atoms with Gasteiger partial charge in [-0.15, -0.1) is 6.58 Å². The van der Waals surface area contributed by atoms with Crippen LogP contribution in [0.15, 0.2) is 68.0 Å². The van der Waals surface area contributed by atoms with Gasteiger partial charge in [0.25, 0.3) is 0 Å². The summed E-state index contributed by atoms with van der Waals surface area (Å²) in [6.45, 7) is 24.2. The van der Waals surface area contributed by atoms with Gasteiger partial charge in [-0.1, -0.05) is 96.4 Å². The van der Waals surface area contributed by atoms with Crippen molar-refractivity contribution in [1.29, 1.82) is 0 Å². The van der Waals surface area contributed by atoms with Crippen molar-refractivity contribution in [2.45, 2.75) is 78.1 Å². The molecule has 1 aromatic carbocycles. The number of fused-ring (bicyclic) bond motifs is 1. The average molecular weight is 583 g/mol. The van der Waals surface area contributed by atoms with Crippen LogP contribution in [0.3, 0.4) is 0 Å². The summed E-state index contributed by atoms with van der Waals surface area (Å²) < 4.78 is 6.18. The van der Waals surface area contributed by atoms with Crippen molar-refractivity contribution < 1.29 is 9.53 Å². The third-order valence-corrected chi connectivity index (χ3v) is 9.50. The molecule has 5 heteroatoms. The van der Waals surface area contributed by atoms with E-state index in [9.17, 15) is 4.79 Å². The highest BCUT2D eigenvalue weighted by atomic mass is 35.5. The average Bonchev–Trinajstić information content (AvgIpc) is 2.96. The second-order valence-corrected chi connectivity index (χ2v) is 12.9. The zero-order valence-electron chi connectivity index (χ0n) is 26.4. The van der Waals surface area contributed by atoms with E-state index < -0.39 is 0 Å². The number of likely N-dealkylation sites (N-methyl/N-ethyl adjacent to an activating group) is 1. The smallest absolute Gasteiger partial charge is 0.243 e. The third kappa shape index (κ3) is 11.1. The zero-order chi connectivity index (χ0) is 30.4. The number of carbonyl (C=O) groups excluding carboxylic acids is 1. The molecular formula is C36H55ClN2O2. The van der Waals surface area contributed by atoms with Crippen molar-refractivity contribution in [1.82, 2.24) is 10.2 Å². The van der Waals surface area contributed by atoms with E-state index in [1.807, 2.05) is 12.1 Å². The summed E-state index contributed by atoms with van der Waals surface area (Å²) in [6, 6.07) is 6.31. The number of amides is 1. The fourth-order valence-electron chi connectivity index (χ4n) is 6.01. The lowest BCUT2D eigenvalue weighted by Gasteiger charge is -2.43. The minimum absolute atomic E-state index is 0.0793. The molecule has 0 aromatic heterocycles. The molecule has 0 heterocycles. The highest BCUT2D eigenvalue weighted by Gasteiger charge is 2.39. The molecule has 0 bridgehead atoms. The van der Waals surface area contributed by atoms with Crippen LogP contribution < -0.4 is 5.32 Å². The van der Waals surface area contributed by atoms with Crippen LogP contribution in [-0.2, 0) is 21.4 Å². The van der Waals surface area contributed by atoms with Gasteiger partial charge in [0.1, 0.15) is 5.76 Å². The number of ether oxygens (including phenoxy) is 1. The van der Waals surface area contributed by atoms with Crippen LogP contribution in [0, 0.1) is 23.7 Å². The molecule has 1 aliphatic rings. The Morgan fingerprint density at radius 2 is 1.85 bits per heavy atom. The van der Waals surface area contributed by atoms with Crippen molar-refractivity contribution in [3.8, 4) is 0 Å². The monoisotopic (exact) mass is 582 g/mol. The summed E-state index contributed by atoms with van der Waals surface area (Å²) in [7, 11) is 1.66. The van der Waals surface area contributed by atoms with Crippen molar-refractivity contribution in [3.05, 3.63) is 84.1 Å². The summed E-state index contributed by atoms with van der Waals surface area (Å²) in [5.74, 6) is 2.90. The number of unbranched alkanes of at least 4 members (excludes halogenated alkanes) is 1. The third-order valence-electron chi connectivity index (χ3n) is 9.26. The topological polar surface area (TPSA) is 41.6 Å². The number of nitrogens with one attached hydrogen (secondary N) is 1. The number of benzene rings is 1. The minimum atomic E-state index is -0.202. The summed E-state index contributed by atoms with van der Waals surface area (Å²) in [5.41, 5.74) is 2.42. The van der Waals surface area contributed by atoms with Crippen molar-refractivity contribution in [3.63, 3.8) is 0 Å². The van der Waals surface area contributed by atoms with E-state index in [1.54, 1.807) is 19.2 Å². The van der Waals surface area contributed by atoms with Crippen LogP contribution in [0.25, 0.3) is 0 Å². The lowest BCUT2D eigenvalue weighted by atomic mass is 9.70. The number of aryl methyl sites for hydroxylation is 1. The Bertz CT molecular complexity index is 1030. The van der Waals surface area contributed by atoms with Gasteiger partial charge < -0.3 is 10.1 Å². The second-order valence-electron chi connectivity index (χ2n) is 12.4. The molecule has 4 nitrogen and oxygen atoms in total. The van der Waals surface area contributed by atoms with Gasteiger partial charge >= 0.3 is 0 Å². The molecule has 1 amide bonds. The number of rotatable bonds is 19. The first-order valence-electron chi connectivity index (χ1n) is 15.5. The molecule has 1 aromatic rings. The van der Waals surface area contributed by atoms with E-state index in [2.05, 4.69) is 75.9 Å². The maximum absolute atomic E-state index is 12.0. The van der Waals surface area contributed by atoms with E-state index in [-0.39, 0.29) is 11.3 Å². The molecule has 1 N–H and O–H groups in total. The SMILES string of the molecule is C=CC(=C)OCC1(CN(C/C=C/C(=O)NC)CC(C)C(C)CCCCC(C)C(C)C=C)CCCc2cc(Cl)ccc21. The van der Waals surface area contributed by atoms with Crippen LogP contribution in [-0.4, -0.2) is 44.1 Å². The second kappa shape index (κ2) is 17.6. The molecule has 1 aliphatic carbocycles. The minimum Gasteiger partial charge on any atom is -0.493 e. The highest BCUT2D eigenvalue weighted by Crippen LogP contribution is 2.40. The van der Waals surface area contributed by atoms with Gasteiger partial charge in [0.05, 0.1) is 6.61 Å². The highest BCUT2D eigenvalue weighted by molar-refractivity contribution is 6.30. The van der Waals surface area contributed by atoms with Gasteiger partial charge in [-0.3, -0.25) is 9.69 Å². The first kappa shape index (κ1) is 34.9. The maximum atomic E-state index is 12.0. The lowest BCUT2D eigenvalue weighted by molar-refractivity contribution is -0.116. The number of carbonyl (C=O) groups is 1. The van der Waals surface area contributed by atoms with Gasteiger partial charge in [-0.05, 0) is 72.3 Å². The van der Waals surface area contributed by atoms with Crippen molar-refractivity contribution >= 4 is 17.5 Å². The predicted octanol–water partition coefficient (Wildman–Crippen LogP) is 8.53. The maximum Gasteiger partial charge on any atom is 0.243 e. The number of halogens is 1. The fraction of sp³-hybridized carbons (Fsp3) is 0.583. The Balaban J connectivity index is 2.22. The quantitative estimate of drug-likeness (QED) is 0.0584. The number of hydrogen-bond acceptors (Lipinski definition) is 3. The van der Waals surface area contributed by atoms with Gasteiger partial charge in [0.15, 0.2) is 0 Å². The number of hydrogen-bond donors (Lipinski definition) is 1. The number of nitrogens with zero attached hydrogens (tertiary/aromatic N) is 1. The molecule has 0 fully saturated rings. The molecule has 0 spiro atoms. The molecule has 0 radical (unpaired) electrons. The summed E-state index contributed by atoms with van der Waals surface area (Å²) in [4.78, 5) is 14.5. The van der Waals surface area contributed by atoms with E-state index >= 15 is 0 Å². The molecular weight excluding hydrogens is 528 g/mol. The Morgan fingerprint density at radius 1 is 1.15 bits per heavy atom. The molecule has 0 aliphatic heterocycles. The van der Waals surface area contributed by atoms with Crippen LogP contribution in [0.4, 0.5) is 0 Å². The molecule has 41 heavy (non-hydrogen) atoms. The predicted molar refractivity (Wildman–Crippen MR) is 176 cm³/mol. The molecule has 5 atom stereocenters. The summed E-state index contributed by atoms with van der Waals surface area (Å²) in [5, 5.41) is 3.46. The largest absolute Gasteiger partial charge is 0.493 e. The lowest BCUT2D eigenvalue weighted by Crippen LogP contribution is -2.48.